The van der Waals surface area contributed by atoms with Gasteiger partial charge < -0.3 is 10.0 Å². The monoisotopic (exact) mass is 361 g/mol. The first-order chi connectivity index (χ1) is 11.4. The number of nitrogens with zero attached hydrogens (tertiary/aromatic N) is 1. The van der Waals surface area contributed by atoms with Gasteiger partial charge in [-0.05, 0) is 41.0 Å². The van der Waals surface area contributed by atoms with E-state index >= 15 is 0 Å². The number of rotatable bonds is 3. The van der Waals surface area contributed by atoms with Crippen molar-refractivity contribution >= 4 is 23.7 Å². The van der Waals surface area contributed by atoms with E-state index in [1.54, 1.807) is 11.8 Å². The first-order valence-electron chi connectivity index (χ1n) is 8.97. The molecule has 138 valence electrons. The van der Waals surface area contributed by atoms with Gasteiger partial charge in [-0.25, -0.2) is 0 Å². The van der Waals surface area contributed by atoms with Gasteiger partial charge in [0.2, 0.25) is 0 Å². The summed E-state index contributed by atoms with van der Waals surface area (Å²) in [6.07, 6.45) is 2.95. The van der Waals surface area contributed by atoms with Gasteiger partial charge in [0.1, 0.15) is 5.75 Å². The SMILES string of the molecule is CCCN1CS/C(=C/c2cc(C(C)(C)C)c(O)c(C(C)(C)C)c2)C1=O. The predicted molar refractivity (Wildman–Crippen MR) is 108 cm³/mol. The van der Waals surface area contributed by atoms with Crippen LogP contribution in [0.3, 0.4) is 0 Å². The Balaban J connectivity index is 2.52. The minimum Gasteiger partial charge on any atom is -0.507 e. The molecule has 0 bridgehead atoms. The molecule has 1 amide bonds. The van der Waals surface area contributed by atoms with Crippen molar-refractivity contribution in [3.8, 4) is 5.75 Å². The molecule has 0 radical (unpaired) electrons. The summed E-state index contributed by atoms with van der Waals surface area (Å²) < 4.78 is 0. The van der Waals surface area contributed by atoms with Gasteiger partial charge in [0.15, 0.2) is 0 Å². The molecule has 0 saturated carbocycles. The second kappa shape index (κ2) is 7.06. The summed E-state index contributed by atoms with van der Waals surface area (Å²) in [4.78, 5) is 15.2. The van der Waals surface area contributed by atoms with Crippen molar-refractivity contribution < 1.29 is 9.90 Å². The molecular formula is C21H31NO2S. The van der Waals surface area contributed by atoms with E-state index in [9.17, 15) is 9.90 Å². The van der Waals surface area contributed by atoms with E-state index in [1.165, 1.54) is 0 Å². The summed E-state index contributed by atoms with van der Waals surface area (Å²) in [6.45, 7) is 15.5. The molecule has 1 heterocycles. The zero-order chi connectivity index (χ0) is 19.0. The van der Waals surface area contributed by atoms with Crippen molar-refractivity contribution in [2.45, 2.75) is 65.7 Å². The number of phenolic OH excluding ortho intramolecular Hbond substituents is 1. The molecule has 25 heavy (non-hydrogen) atoms. The van der Waals surface area contributed by atoms with Crippen LogP contribution in [0, 0.1) is 0 Å². The molecule has 1 aromatic carbocycles. The Morgan fingerprint density at radius 2 is 1.64 bits per heavy atom. The third-order valence-corrected chi connectivity index (χ3v) is 5.46. The largest absolute Gasteiger partial charge is 0.507 e. The van der Waals surface area contributed by atoms with Crippen molar-refractivity contribution in [3.05, 3.63) is 33.7 Å². The molecule has 1 saturated heterocycles. The molecule has 0 spiro atoms. The molecule has 1 fully saturated rings. The highest BCUT2D eigenvalue weighted by Crippen LogP contribution is 2.41. The molecule has 1 aliphatic heterocycles. The van der Waals surface area contributed by atoms with E-state index in [2.05, 4.69) is 48.5 Å². The van der Waals surface area contributed by atoms with Crippen molar-refractivity contribution in [3.63, 3.8) is 0 Å². The summed E-state index contributed by atoms with van der Waals surface area (Å²) in [6, 6.07) is 4.04. The van der Waals surface area contributed by atoms with Crippen molar-refractivity contribution in [1.82, 2.24) is 4.90 Å². The smallest absolute Gasteiger partial charge is 0.261 e. The van der Waals surface area contributed by atoms with Crippen LogP contribution in [0.1, 0.15) is 71.6 Å². The lowest BCUT2D eigenvalue weighted by Gasteiger charge is -2.28. The van der Waals surface area contributed by atoms with Crippen molar-refractivity contribution in [2.75, 3.05) is 12.4 Å². The number of hydrogen-bond acceptors (Lipinski definition) is 3. The van der Waals surface area contributed by atoms with E-state index in [0.29, 0.717) is 5.75 Å². The summed E-state index contributed by atoms with van der Waals surface area (Å²) >= 11 is 1.60. The number of thioether (sulfide) groups is 1. The van der Waals surface area contributed by atoms with E-state index in [4.69, 9.17) is 0 Å². The quantitative estimate of drug-likeness (QED) is 0.746. The summed E-state index contributed by atoms with van der Waals surface area (Å²) in [5.41, 5.74) is 2.50. The van der Waals surface area contributed by atoms with Gasteiger partial charge in [-0.2, -0.15) is 0 Å². The number of hydrogen-bond donors (Lipinski definition) is 1. The van der Waals surface area contributed by atoms with E-state index in [0.717, 1.165) is 40.4 Å². The Labute approximate surface area is 156 Å². The summed E-state index contributed by atoms with van der Waals surface area (Å²) in [7, 11) is 0. The highest BCUT2D eigenvalue weighted by Gasteiger charge is 2.28. The van der Waals surface area contributed by atoms with Crippen LogP contribution in [-0.4, -0.2) is 28.3 Å². The Kier molecular flexibility index (Phi) is 5.62. The van der Waals surface area contributed by atoms with Crippen LogP contribution in [0.4, 0.5) is 0 Å². The normalized spacial score (nSPS) is 17.6. The number of carbonyl (C=O) groups excluding carboxylic acids is 1. The number of benzene rings is 1. The minimum absolute atomic E-state index is 0.120. The molecule has 0 atom stereocenters. The molecule has 0 unspecified atom stereocenters. The van der Waals surface area contributed by atoms with Crippen LogP contribution < -0.4 is 0 Å². The van der Waals surface area contributed by atoms with Gasteiger partial charge in [0, 0.05) is 17.7 Å². The average Bonchev–Trinajstić information content (AvgIpc) is 2.80. The van der Waals surface area contributed by atoms with Gasteiger partial charge in [-0.15, -0.1) is 0 Å². The van der Waals surface area contributed by atoms with E-state index in [1.807, 2.05) is 23.1 Å². The van der Waals surface area contributed by atoms with E-state index in [-0.39, 0.29) is 16.7 Å². The highest BCUT2D eigenvalue weighted by molar-refractivity contribution is 8.04. The van der Waals surface area contributed by atoms with Crippen LogP contribution in [-0.2, 0) is 15.6 Å². The minimum atomic E-state index is -0.167. The average molecular weight is 362 g/mol. The van der Waals surface area contributed by atoms with Crippen molar-refractivity contribution in [1.29, 1.82) is 0 Å². The molecule has 0 aliphatic carbocycles. The van der Waals surface area contributed by atoms with Crippen LogP contribution in [0.2, 0.25) is 0 Å². The molecule has 2 rings (SSSR count). The van der Waals surface area contributed by atoms with Crippen molar-refractivity contribution in [2.24, 2.45) is 0 Å². The predicted octanol–water partition coefficient (Wildman–Crippen LogP) is 5.27. The summed E-state index contributed by atoms with van der Waals surface area (Å²) in [5.74, 6) is 1.23. The zero-order valence-electron chi connectivity index (χ0n) is 16.6. The zero-order valence-corrected chi connectivity index (χ0v) is 17.4. The lowest BCUT2D eigenvalue weighted by molar-refractivity contribution is -0.124. The third kappa shape index (κ3) is 4.41. The Hall–Kier alpha value is -1.42. The Bertz CT molecular complexity index is 658. The maximum absolute atomic E-state index is 12.5. The first kappa shape index (κ1) is 19.9. The Morgan fingerprint density at radius 3 is 2.08 bits per heavy atom. The lowest BCUT2D eigenvalue weighted by Crippen LogP contribution is -2.25. The number of amides is 1. The summed E-state index contributed by atoms with van der Waals surface area (Å²) in [5, 5.41) is 10.8. The maximum Gasteiger partial charge on any atom is 0.261 e. The fourth-order valence-corrected chi connectivity index (χ4v) is 4.01. The van der Waals surface area contributed by atoms with Crippen LogP contribution in [0.25, 0.3) is 6.08 Å². The standard InChI is InChI=1S/C21H31NO2S/c1-8-9-22-13-25-17(19(22)24)12-14-10-15(20(2,3)4)18(23)16(11-14)21(5,6)7/h10-12,23H,8-9,13H2,1-7H3/b17-12+. The Morgan fingerprint density at radius 1 is 1.12 bits per heavy atom. The van der Waals surface area contributed by atoms with Gasteiger partial charge in [-0.3, -0.25) is 4.79 Å². The fraction of sp³-hybridized carbons (Fsp3) is 0.571. The van der Waals surface area contributed by atoms with Crippen LogP contribution >= 0.6 is 11.8 Å². The van der Waals surface area contributed by atoms with E-state index < -0.39 is 0 Å². The van der Waals surface area contributed by atoms with Crippen LogP contribution in [0.5, 0.6) is 5.75 Å². The molecule has 0 aromatic heterocycles. The van der Waals surface area contributed by atoms with Crippen LogP contribution in [0.15, 0.2) is 17.0 Å². The highest BCUT2D eigenvalue weighted by atomic mass is 32.2. The second-order valence-corrected chi connectivity index (χ2v) is 9.80. The third-order valence-electron chi connectivity index (χ3n) is 4.41. The second-order valence-electron chi connectivity index (χ2n) is 8.82. The maximum atomic E-state index is 12.5. The molecule has 1 aliphatic rings. The number of phenols is 1. The van der Waals surface area contributed by atoms with Gasteiger partial charge in [0.25, 0.3) is 5.91 Å². The van der Waals surface area contributed by atoms with Gasteiger partial charge in [-0.1, -0.05) is 60.2 Å². The fourth-order valence-electron chi connectivity index (χ4n) is 3.00. The lowest BCUT2D eigenvalue weighted by atomic mass is 9.78. The molecule has 4 heteroatoms. The van der Waals surface area contributed by atoms with Gasteiger partial charge >= 0.3 is 0 Å². The molecule has 1 N–H and O–H groups in total. The number of aromatic hydroxyl groups is 1. The first-order valence-corrected chi connectivity index (χ1v) is 9.95. The number of carbonyl (C=O) groups is 1. The van der Waals surface area contributed by atoms with Gasteiger partial charge in [0.05, 0.1) is 10.8 Å². The topological polar surface area (TPSA) is 40.5 Å². The molecule has 1 aromatic rings. The molecule has 3 nitrogen and oxygen atoms in total. The molecular weight excluding hydrogens is 330 g/mol.